The van der Waals surface area contributed by atoms with Gasteiger partial charge in [-0.25, -0.2) is 4.79 Å². The van der Waals surface area contributed by atoms with Gasteiger partial charge in [0, 0.05) is 29.7 Å². The van der Waals surface area contributed by atoms with Crippen LogP contribution in [0.1, 0.15) is 36.6 Å². The number of hydrogen-bond acceptors (Lipinski definition) is 2. The van der Waals surface area contributed by atoms with Crippen LogP contribution in [0.3, 0.4) is 0 Å². The molecule has 28 heavy (non-hydrogen) atoms. The number of nitrogens with zero attached hydrogens (tertiary/aromatic N) is 1. The Kier molecular flexibility index (Phi) is 6.85. The highest BCUT2D eigenvalue weighted by molar-refractivity contribution is 6.67. The van der Waals surface area contributed by atoms with Crippen LogP contribution >= 0.6 is 34.8 Å². The molecule has 1 heterocycles. The van der Waals surface area contributed by atoms with E-state index in [0.29, 0.717) is 13.1 Å². The van der Waals surface area contributed by atoms with E-state index in [-0.39, 0.29) is 6.61 Å². The summed E-state index contributed by atoms with van der Waals surface area (Å²) in [6.45, 7) is 5.17. The summed E-state index contributed by atoms with van der Waals surface area (Å²) in [5, 5.41) is 4.06. The Balaban J connectivity index is 1.78. The van der Waals surface area contributed by atoms with Crippen molar-refractivity contribution < 1.29 is 9.53 Å². The smallest absolute Gasteiger partial charge is 0.407 e. The van der Waals surface area contributed by atoms with Gasteiger partial charge in [-0.05, 0) is 50.3 Å². The minimum Gasteiger partial charge on any atom is -0.445 e. The quantitative estimate of drug-likeness (QED) is 0.464. The van der Waals surface area contributed by atoms with E-state index in [4.69, 9.17) is 39.5 Å². The zero-order chi connectivity index (χ0) is 20.3. The summed E-state index contributed by atoms with van der Waals surface area (Å²) in [6, 6.07) is 6.58. The number of carbonyl (C=O) groups excluding carboxylic acids is 1. The van der Waals surface area contributed by atoms with Crippen molar-refractivity contribution in [2.75, 3.05) is 13.2 Å². The number of allylic oxidation sites excluding steroid dienone is 2. The Labute approximate surface area is 180 Å². The molecule has 1 aliphatic carbocycles. The summed E-state index contributed by atoms with van der Waals surface area (Å²) in [6.07, 6.45) is 5.92. The molecule has 1 aliphatic rings. The highest BCUT2D eigenvalue weighted by atomic mass is 35.6. The molecule has 0 radical (unpaired) electrons. The van der Waals surface area contributed by atoms with Crippen LogP contribution < -0.4 is 5.32 Å². The van der Waals surface area contributed by atoms with E-state index in [1.807, 2.05) is 0 Å². The van der Waals surface area contributed by atoms with Gasteiger partial charge < -0.3 is 14.6 Å². The Bertz CT molecular complexity index is 897. The van der Waals surface area contributed by atoms with Crippen molar-refractivity contribution in [2.24, 2.45) is 0 Å². The Morgan fingerprint density at radius 3 is 2.82 bits per heavy atom. The van der Waals surface area contributed by atoms with Crippen LogP contribution in [0.2, 0.25) is 0 Å². The maximum Gasteiger partial charge on any atom is 0.407 e. The number of hydrogen-bond donors (Lipinski definition) is 1. The van der Waals surface area contributed by atoms with E-state index in [9.17, 15) is 4.79 Å². The Hall–Kier alpha value is -1.36. The largest absolute Gasteiger partial charge is 0.445 e. The second-order valence-electron chi connectivity index (χ2n) is 7.15. The molecule has 1 aromatic heterocycles. The van der Waals surface area contributed by atoms with Gasteiger partial charge in [0.2, 0.25) is 3.79 Å². The normalized spacial score (nSPS) is 14.4. The topological polar surface area (TPSA) is 43.3 Å². The van der Waals surface area contributed by atoms with Gasteiger partial charge in [-0.2, -0.15) is 0 Å². The van der Waals surface area contributed by atoms with Crippen LogP contribution in [0.4, 0.5) is 4.79 Å². The molecule has 0 saturated carbocycles. The molecule has 0 aliphatic heterocycles. The van der Waals surface area contributed by atoms with Crippen LogP contribution in [0.15, 0.2) is 29.8 Å². The second-order valence-corrected chi connectivity index (χ2v) is 9.66. The monoisotopic (exact) mass is 442 g/mol. The van der Waals surface area contributed by atoms with Crippen LogP contribution in [0, 0.1) is 6.92 Å². The number of aromatic nitrogens is 1. The van der Waals surface area contributed by atoms with Crippen LogP contribution in [-0.4, -0.2) is 27.6 Å². The first-order valence-electron chi connectivity index (χ1n) is 9.54. The molecule has 0 fully saturated rings. The highest BCUT2D eigenvalue weighted by Crippen LogP contribution is 2.33. The molecule has 0 bridgehead atoms. The van der Waals surface area contributed by atoms with Gasteiger partial charge in [-0.1, -0.05) is 65.0 Å². The fraction of sp³-hybridized carbons (Fsp3) is 0.476. The lowest BCUT2D eigenvalue weighted by Gasteiger charge is -2.14. The van der Waals surface area contributed by atoms with E-state index < -0.39 is 9.89 Å². The first-order valence-corrected chi connectivity index (χ1v) is 10.7. The van der Waals surface area contributed by atoms with Crippen LogP contribution in [0.25, 0.3) is 10.9 Å². The van der Waals surface area contributed by atoms with Crippen molar-refractivity contribution >= 4 is 51.8 Å². The van der Waals surface area contributed by atoms with Gasteiger partial charge in [0.15, 0.2) is 0 Å². The van der Waals surface area contributed by atoms with E-state index in [1.165, 1.54) is 33.3 Å². The first-order chi connectivity index (χ1) is 13.3. The molecule has 7 heteroatoms. The molecule has 1 amide bonds. The van der Waals surface area contributed by atoms with Crippen molar-refractivity contribution in [3.63, 3.8) is 0 Å². The number of fused-ring (bicyclic) bond motifs is 3. The van der Waals surface area contributed by atoms with E-state index in [2.05, 4.69) is 48.0 Å². The lowest BCUT2D eigenvalue weighted by atomic mass is 10.0. The fourth-order valence-electron chi connectivity index (χ4n) is 3.78. The number of rotatable bonds is 5. The Morgan fingerprint density at radius 2 is 2.11 bits per heavy atom. The van der Waals surface area contributed by atoms with Crippen molar-refractivity contribution in [3.05, 3.63) is 46.7 Å². The number of benzene rings is 1. The predicted octanol–water partition coefficient (Wildman–Crippen LogP) is 5.87. The third-order valence-corrected chi connectivity index (χ3v) is 5.41. The molecule has 1 N–H and O–H groups in total. The fourth-order valence-corrected chi connectivity index (χ4v) is 3.94. The number of halogens is 3. The number of aryl methyl sites for hydroxylation is 1. The molecule has 1 aromatic carbocycles. The maximum atomic E-state index is 11.8. The maximum absolute atomic E-state index is 11.8. The summed E-state index contributed by atoms with van der Waals surface area (Å²) >= 11 is 16.8. The third kappa shape index (κ3) is 5.16. The van der Waals surface area contributed by atoms with Gasteiger partial charge in [0.25, 0.3) is 0 Å². The number of ether oxygens (including phenoxy) is 1. The predicted molar refractivity (Wildman–Crippen MR) is 117 cm³/mol. The minimum absolute atomic E-state index is 0.282. The van der Waals surface area contributed by atoms with Crippen molar-refractivity contribution in [1.29, 1.82) is 0 Å². The van der Waals surface area contributed by atoms with Crippen molar-refractivity contribution in [2.45, 2.75) is 49.9 Å². The molecule has 152 valence electrons. The van der Waals surface area contributed by atoms with Crippen LogP contribution in [-0.2, 0) is 24.1 Å². The van der Waals surface area contributed by atoms with E-state index in [0.717, 1.165) is 25.7 Å². The Morgan fingerprint density at radius 1 is 1.32 bits per heavy atom. The molecule has 2 aromatic rings. The number of amides is 1. The molecule has 3 rings (SSSR count). The molecule has 4 nitrogen and oxygen atoms in total. The van der Waals surface area contributed by atoms with E-state index in [1.54, 1.807) is 0 Å². The summed E-state index contributed by atoms with van der Waals surface area (Å²) < 4.78 is 5.65. The summed E-state index contributed by atoms with van der Waals surface area (Å²) in [5.74, 6) is 0. The van der Waals surface area contributed by atoms with Crippen molar-refractivity contribution in [3.8, 4) is 0 Å². The zero-order valence-corrected chi connectivity index (χ0v) is 18.4. The average molecular weight is 444 g/mol. The van der Waals surface area contributed by atoms with Gasteiger partial charge in [-0.15, -0.1) is 0 Å². The number of alkyl carbamates (subject to hydrolysis) is 1. The van der Waals surface area contributed by atoms with Crippen molar-refractivity contribution in [1.82, 2.24) is 9.88 Å². The summed E-state index contributed by atoms with van der Waals surface area (Å²) in [7, 11) is 0. The zero-order valence-electron chi connectivity index (χ0n) is 16.2. The van der Waals surface area contributed by atoms with Gasteiger partial charge in [0.05, 0.1) is 0 Å². The lowest BCUT2D eigenvalue weighted by Crippen LogP contribution is -2.30. The lowest BCUT2D eigenvalue weighted by molar-refractivity contribution is 0.148. The first kappa shape index (κ1) is 21.4. The number of carbonyl (C=O) groups is 1. The summed E-state index contributed by atoms with van der Waals surface area (Å²) in [4.78, 5) is 11.8. The second kappa shape index (κ2) is 8.98. The molecular weight excluding hydrogens is 419 g/mol. The standard InChI is InChI=1S/C21H25Cl3N2O2/c1-3-15-5-4-6-18-17(12-15)16-11-14(2)7-8-19(16)26(18)10-9-25-20(27)28-13-21(22,23)24/h5,7-8,11H,3-4,6,9-10,12-13H2,1-2H3,(H,25,27). The average Bonchev–Trinajstić information content (AvgIpc) is 2.79. The molecule has 0 atom stereocenters. The van der Waals surface area contributed by atoms with Gasteiger partial charge in [-0.3, -0.25) is 0 Å². The van der Waals surface area contributed by atoms with Gasteiger partial charge >= 0.3 is 6.09 Å². The molecule has 0 saturated heterocycles. The summed E-state index contributed by atoms with van der Waals surface area (Å²) in [5.41, 5.74) is 6.74. The number of alkyl halides is 3. The van der Waals surface area contributed by atoms with Gasteiger partial charge in [0.1, 0.15) is 6.61 Å². The highest BCUT2D eigenvalue weighted by Gasteiger charge is 2.22. The van der Waals surface area contributed by atoms with Crippen LogP contribution in [0.5, 0.6) is 0 Å². The SMILES string of the molecule is CCC1=CCCc2c(c3cc(C)ccc3n2CCNC(=O)OCC(Cl)(Cl)Cl)C1. The minimum atomic E-state index is -1.60. The molecule has 0 spiro atoms. The van der Waals surface area contributed by atoms with E-state index >= 15 is 0 Å². The number of nitrogens with one attached hydrogen (secondary N) is 1. The third-order valence-electron chi connectivity index (χ3n) is 5.09. The molecular formula is C21H25Cl3N2O2. The molecule has 0 unspecified atom stereocenters.